The smallest absolute Gasteiger partial charge is 0.240 e. The van der Waals surface area contributed by atoms with Crippen LogP contribution in [0.15, 0.2) is 95.1 Å². The van der Waals surface area contributed by atoms with Gasteiger partial charge in [0.2, 0.25) is 5.91 Å². The number of hydrogen-bond acceptors (Lipinski definition) is 5. The van der Waals surface area contributed by atoms with Crippen LogP contribution in [-0.4, -0.2) is 39.8 Å². The highest BCUT2D eigenvalue weighted by molar-refractivity contribution is 7.98. The number of carbonyl (C=O) groups excluding carboxylic acids is 1. The summed E-state index contributed by atoms with van der Waals surface area (Å²) in [6.45, 7) is 1.56. The van der Waals surface area contributed by atoms with E-state index >= 15 is 0 Å². The summed E-state index contributed by atoms with van der Waals surface area (Å²) in [5.74, 6) is 0.682. The summed E-state index contributed by atoms with van der Waals surface area (Å²) in [4.78, 5) is 13.9. The van der Waals surface area contributed by atoms with Crippen LogP contribution in [0.25, 0.3) is 16.9 Å². The minimum absolute atomic E-state index is 0.102. The number of hydrogen-bond donors (Lipinski definition) is 0. The van der Waals surface area contributed by atoms with Gasteiger partial charge in [-0.05, 0) is 60.4 Å². The fraction of sp³-hybridized carbons (Fsp3) is 0.179. The molecule has 1 unspecified atom stereocenters. The van der Waals surface area contributed by atoms with Gasteiger partial charge in [-0.3, -0.25) is 4.79 Å². The zero-order valence-corrected chi connectivity index (χ0v) is 20.7. The van der Waals surface area contributed by atoms with Crippen molar-refractivity contribution in [2.45, 2.75) is 24.3 Å². The molecule has 0 radical (unpaired) electrons. The van der Waals surface area contributed by atoms with Gasteiger partial charge in [0, 0.05) is 35.6 Å². The molecule has 1 aliphatic heterocycles. The Morgan fingerprint density at radius 1 is 0.971 bits per heavy atom. The molecule has 1 amide bonds. The van der Waals surface area contributed by atoms with Gasteiger partial charge in [0.1, 0.15) is 5.75 Å². The summed E-state index contributed by atoms with van der Waals surface area (Å²) in [5.41, 5.74) is 5.63. The first kappa shape index (κ1) is 22.9. The van der Waals surface area contributed by atoms with Crippen LogP contribution in [-0.2, 0) is 4.79 Å². The van der Waals surface area contributed by atoms with Gasteiger partial charge in [-0.1, -0.05) is 30.3 Å². The first-order valence-electron chi connectivity index (χ1n) is 11.4. The maximum atomic E-state index is 12.7. The Labute approximate surface area is 209 Å². The van der Waals surface area contributed by atoms with Crippen molar-refractivity contribution in [2.75, 3.05) is 13.4 Å². The van der Waals surface area contributed by atoms with Crippen molar-refractivity contribution in [1.29, 1.82) is 0 Å². The predicted octanol–water partition coefficient (Wildman–Crippen LogP) is 5.97. The largest absolute Gasteiger partial charge is 0.497 e. The van der Waals surface area contributed by atoms with E-state index in [1.165, 1.54) is 4.90 Å². The average Bonchev–Trinajstić information content (AvgIpc) is 3.55. The molecule has 0 bridgehead atoms. The summed E-state index contributed by atoms with van der Waals surface area (Å²) < 4.78 is 7.18. The molecule has 1 aromatic heterocycles. The molecule has 6 nitrogen and oxygen atoms in total. The van der Waals surface area contributed by atoms with Crippen molar-refractivity contribution in [3.8, 4) is 22.7 Å². The Bertz CT molecular complexity index is 1360. The quantitative estimate of drug-likeness (QED) is 0.318. The molecule has 0 fully saturated rings. The van der Waals surface area contributed by atoms with E-state index in [4.69, 9.17) is 14.9 Å². The number of amides is 1. The highest BCUT2D eigenvalue weighted by Gasteiger charge is 2.34. The Kier molecular flexibility index (Phi) is 6.42. The third-order valence-corrected chi connectivity index (χ3v) is 6.89. The molecule has 2 heterocycles. The van der Waals surface area contributed by atoms with Crippen LogP contribution in [0.3, 0.4) is 0 Å². The van der Waals surface area contributed by atoms with Gasteiger partial charge < -0.3 is 4.74 Å². The number of methoxy groups -OCH3 is 1. The van der Waals surface area contributed by atoms with Crippen LogP contribution in [0, 0.1) is 0 Å². The SMILES string of the molecule is COc1ccc(C2=NN(C(C)=O)C(c3cn(-c4ccccc4)nc3-c3ccc(SC)cc3)C2)cc1. The van der Waals surface area contributed by atoms with Crippen molar-refractivity contribution in [3.63, 3.8) is 0 Å². The Balaban J connectivity index is 1.58. The first-order valence-corrected chi connectivity index (χ1v) is 12.6. The fourth-order valence-electron chi connectivity index (χ4n) is 4.32. The van der Waals surface area contributed by atoms with Crippen LogP contribution in [0.4, 0.5) is 0 Å². The normalized spacial score (nSPS) is 15.2. The summed E-state index contributed by atoms with van der Waals surface area (Å²) in [7, 11) is 1.65. The van der Waals surface area contributed by atoms with Crippen molar-refractivity contribution in [3.05, 3.63) is 96.2 Å². The molecule has 0 saturated carbocycles. The lowest BCUT2D eigenvalue weighted by molar-refractivity contribution is -0.130. The molecule has 4 aromatic rings. The molecular formula is C28H26N4O2S. The molecular weight excluding hydrogens is 456 g/mol. The van der Waals surface area contributed by atoms with E-state index in [0.717, 1.165) is 39.5 Å². The van der Waals surface area contributed by atoms with Gasteiger partial charge in [-0.2, -0.15) is 10.2 Å². The number of thioether (sulfide) groups is 1. The molecule has 7 heteroatoms. The van der Waals surface area contributed by atoms with Crippen LogP contribution in [0.5, 0.6) is 5.75 Å². The lowest BCUT2D eigenvalue weighted by Gasteiger charge is -2.20. The summed E-state index contributed by atoms with van der Waals surface area (Å²) in [5, 5.41) is 11.3. The number of hydrazone groups is 1. The summed E-state index contributed by atoms with van der Waals surface area (Å²) in [6.07, 6.45) is 4.69. The maximum Gasteiger partial charge on any atom is 0.240 e. The van der Waals surface area contributed by atoms with Crippen molar-refractivity contribution < 1.29 is 9.53 Å². The van der Waals surface area contributed by atoms with E-state index < -0.39 is 0 Å². The number of nitrogens with zero attached hydrogens (tertiary/aromatic N) is 4. The van der Waals surface area contributed by atoms with Gasteiger partial charge in [0.25, 0.3) is 0 Å². The third kappa shape index (κ3) is 4.59. The summed E-state index contributed by atoms with van der Waals surface area (Å²) >= 11 is 1.70. The van der Waals surface area contributed by atoms with E-state index in [0.29, 0.717) is 6.42 Å². The number of carbonyl (C=O) groups is 1. The lowest BCUT2D eigenvalue weighted by Crippen LogP contribution is -2.24. The number of rotatable bonds is 6. The molecule has 0 saturated heterocycles. The highest BCUT2D eigenvalue weighted by atomic mass is 32.2. The molecule has 1 aliphatic rings. The molecule has 176 valence electrons. The number of ether oxygens (including phenoxy) is 1. The molecule has 0 aliphatic carbocycles. The van der Waals surface area contributed by atoms with Gasteiger partial charge in [0.15, 0.2) is 0 Å². The summed E-state index contributed by atoms with van der Waals surface area (Å²) in [6, 6.07) is 25.9. The molecule has 35 heavy (non-hydrogen) atoms. The predicted molar refractivity (Wildman–Crippen MR) is 140 cm³/mol. The van der Waals surface area contributed by atoms with Gasteiger partial charge in [0.05, 0.1) is 30.2 Å². The number of para-hydroxylation sites is 1. The molecule has 1 atom stereocenters. The van der Waals surface area contributed by atoms with Crippen LogP contribution < -0.4 is 4.74 Å². The van der Waals surface area contributed by atoms with Gasteiger partial charge in [-0.15, -0.1) is 11.8 Å². The zero-order chi connectivity index (χ0) is 24.4. The van der Waals surface area contributed by atoms with E-state index in [1.54, 1.807) is 30.8 Å². The molecule has 5 rings (SSSR count). The standard InChI is InChI=1S/C28H26N4O2S/c1-19(33)32-27(17-26(29-32)20-9-13-23(34-2)14-10-20)25-18-31(22-7-5-4-6-8-22)30-28(25)21-11-15-24(35-3)16-12-21/h4-16,18,27H,17H2,1-3H3. The van der Waals surface area contributed by atoms with Crippen LogP contribution >= 0.6 is 11.8 Å². The van der Waals surface area contributed by atoms with Crippen molar-refractivity contribution >= 4 is 23.4 Å². The topological polar surface area (TPSA) is 59.7 Å². The molecule has 0 spiro atoms. The second-order valence-corrected chi connectivity index (χ2v) is 9.18. The van der Waals surface area contributed by atoms with Crippen molar-refractivity contribution in [2.24, 2.45) is 5.10 Å². The molecule has 0 N–H and O–H groups in total. The van der Waals surface area contributed by atoms with E-state index in [9.17, 15) is 4.79 Å². The monoisotopic (exact) mass is 482 g/mol. The Morgan fingerprint density at radius 3 is 2.29 bits per heavy atom. The van der Waals surface area contributed by atoms with E-state index in [-0.39, 0.29) is 11.9 Å². The molecule has 3 aromatic carbocycles. The Morgan fingerprint density at radius 2 is 1.66 bits per heavy atom. The minimum atomic E-state index is -0.253. The van der Waals surface area contributed by atoms with Gasteiger partial charge in [-0.25, -0.2) is 9.69 Å². The average molecular weight is 483 g/mol. The second kappa shape index (κ2) is 9.80. The van der Waals surface area contributed by atoms with Crippen LogP contribution in [0.1, 0.15) is 30.5 Å². The minimum Gasteiger partial charge on any atom is -0.497 e. The second-order valence-electron chi connectivity index (χ2n) is 8.30. The fourth-order valence-corrected chi connectivity index (χ4v) is 4.73. The van der Waals surface area contributed by atoms with Crippen LogP contribution in [0.2, 0.25) is 0 Å². The zero-order valence-electron chi connectivity index (χ0n) is 19.9. The maximum absolute atomic E-state index is 12.7. The number of aromatic nitrogens is 2. The highest BCUT2D eigenvalue weighted by Crippen LogP contribution is 2.38. The van der Waals surface area contributed by atoms with Crippen molar-refractivity contribution in [1.82, 2.24) is 14.8 Å². The number of benzene rings is 3. The van der Waals surface area contributed by atoms with Gasteiger partial charge >= 0.3 is 0 Å². The third-order valence-electron chi connectivity index (χ3n) is 6.14. The van der Waals surface area contributed by atoms with E-state index in [1.807, 2.05) is 65.5 Å². The van der Waals surface area contributed by atoms with E-state index in [2.05, 4.69) is 30.5 Å². The Hall–Kier alpha value is -3.84. The lowest BCUT2D eigenvalue weighted by atomic mass is 9.96. The first-order chi connectivity index (χ1) is 17.1.